The minimum Gasteiger partial charge on any atom is -0.366 e. The standard InChI is InChI=1S/C16H14ClNO/c17-15-7-3-6-10-12(8-9-13(10)15)11-4-1-2-5-14(11)16(18)19/h1-7,12H,8-9H2,(H2,18,19)/t12-/m0/s1. The van der Waals surface area contributed by atoms with Gasteiger partial charge >= 0.3 is 0 Å². The van der Waals surface area contributed by atoms with Gasteiger partial charge in [0.1, 0.15) is 0 Å². The van der Waals surface area contributed by atoms with Gasteiger partial charge in [0.2, 0.25) is 5.91 Å². The highest BCUT2D eigenvalue weighted by molar-refractivity contribution is 6.31. The molecule has 96 valence electrons. The van der Waals surface area contributed by atoms with Crippen LogP contribution in [-0.2, 0) is 6.42 Å². The number of amides is 1. The average Bonchev–Trinajstić information content (AvgIpc) is 2.84. The molecule has 2 nitrogen and oxygen atoms in total. The molecule has 0 fully saturated rings. The number of primary amides is 1. The van der Waals surface area contributed by atoms with Gasteiger partial charge in [0.05, 0.1) is 0 Å². The fraction of sp³-hybridized carbons (Fsp3) is 0.188. The summed E-state index contributed by atoms with van der Waals surface area (Å²) in [6, 6.07) is 13.6. The van der Waals surface area contributed by atoms with Crippen LogP contribution >= 0.6 is 11.6 Å². The Bertz CT molecular complexity index is 651. The normalized spacial score (nSPS) is 17.2. The number of fused-ring (bicyclic) bond motifs is 1. The van der Waals surface area contributed by atoms with Gasteiger partial charge in [-0.2, -0.15) is 0 Å². The van der Waals surface area contributed by atoms with Crippen LogP contribution in [0, 0.1) is 0 Å². The molecule has 2 N–H and O–H groups in total. The van der Waals surface area contributed by atoms with E-state index in [0.29, 0.717) is 5.56 Å². The van der Waals surface area contributed by atoms with Crippen LogP contribution in [-0.4, -0.2) is 5.91 Å². The molecular weight excluding hydrogens is 258 g/mol. The van der Waals surface area contributed by atoms with E-state index in [1.807, 2.05) is 30.3 Å². The predicted molar refractivity (Wildman–Crippen MR) is 76.6 cm³/mol. The zero-order valence-corrected chi connectivity index (χ0v) is 11.2. The van der Waals surface area contributed by atoms with Crippen molar-refractivity contribution in [1.82, 2.24) is 0 Å². The topological polar surface area (TPSA) is 43.1 Å². The minimum atomic E-state index is -0.369. The first-order valence-corrected chi connectivity index (χ1v) is 6.72. The van der Waals surface area contributed by atoms with Gasteiger partial charge < -0.3 is 5.73 Å². The van der Waals surface area contributed by atoms with E-state index in [1.165, 1.54) is 11.1 Å². The van der Waals surface area contributed by atoms with Crippen LogP contribution in [0.3, 0.4) is 0 Å². The summed E-state index contributed by atoms with van der Waals surface area (Å²) in [4.78, 5) is 11.6. The highest BCUT2D eigenvalue weighted by Crippen LogP contribution is 2.41. The number of benzene rings is 2. The molecule has 0 aliphatic heterocycles. The first-order chi connectivity index (χ1) is 9.18. The third-order valence-corrected chi connectivity index (χ3v) is 4.17. The summed E-state index contributed by atoms with van der Waals surface area (Å²) in [6.45, 7) is 0. The van der Waals surface area contributed by atoms with Crippen molar-refractivity contribution in [2.75, 3.05) is 0 Å². The van der Waals surface area contributed by atoms with E-state index in [9.17, 15) is 4.79 Å². The molecule has 1 aliphatic carbocycles. The van der Waals surface area contributed by atoms with Gasteiger partial charge in [-0.3, -0.25) is 4.79 Å². The highest BCUT2D eigenvalue weighted by atomic mass is 35.5. The first-order valence-electron chi connectivity index (χ1n) is 6.34. The van der Waals surface area contributed by atoms with Crippen molar-refractivity contribution in [3.05, 3.63) is 69.7 Å². The van der Waals surface area contributed by atoms with E-state index in [-0.39, 0.29) is 11.8 Å². The van der Waals surface area contributed by atoms with Gasteiger partial charge in [-0.05, 0) is 41.7 Å². The SMILES string of the molecule is NC(=O)c1ccccc1[C@H]1CCc2c(Cl)cccc21. The van der Waals surface area contributed by atoms with Crippen LogP contribution < -0.4 is 5.73 Å². The Labute approximate surface area is 117 Å². The van der Waals surface area contributed by atoms with E-state index in [0.717, 1.165) is 23.4 Å². The van der Waals surface area contributed by atoms with Crippen LogP contribution in [0.1, 0.15) is 39.4 Å². The Morgan fingerprint density at radius 3 is 2.63 bits per heavy atom. The van der Waals surface area contributed by atoms with Gasteiger partial charge in [0.25, 0.3) is 0 Å². The first kappa shape index (κ1) is 12.2. The minimum absolute atomic E-state index is 0.220. The van der Waals surface area contributed by atoms with Gasteiger partial charge in [-0.25, -0.2) is 0 Å². The maximum atomic E-state index is 11.6. The number of carbonyl (C=O) groups is 1. The fourth-order valence-electron chi connectivity index (χ4n) is 2.96. The molecule has 0 bridgehead atoms. The van der Waals surface area contributed by atoms with E-state index >= 15 is 0 Å². The smallest absolute Gasteiger partial charge is 0.248 e. The number of carbonyl (C=O) groups excluding carboxylic acids is 1. The molecule has 0 spiro atoms. The van der Waals surface area contributed by atoms with E-state index in [1.54, 1.807) is 6.07 Å². The second kappa shape index (κ2) is 4.71. The Kier molecular flexibility index (Phi) is 3.03. The van der Waals surface area contributed by atoms with Gasteiger partial charge in [-0.15, -0.1) is 0 Å². The van der Waals surface area contributed by atoms with Gasteiger partial charge in [0, 0.05) is 16.5 Å². The van der Waals surface area contributed by atoms with Gasteiger partial charge in [-0.1, -0.05) is 41.9 Å². The zero-order valence-electron chi connectivity index (χ0n) is 10.4. The molecule has 0 unspecified atom stereocenters. The summed E-state index contributed by atoms with van der Waals surface area (Å²) in [5.74, 6) is -0.150. The van der Waals surface area contributed by atoms with Crippen molar-refractivity contribution in [2.45, 2.75) is 18.8 Å². The van der Waals surface area contributed by atoms with Crippen LogP contribution in [0.5, 0.6) is 0 Å². The van der Waals surface area contributed by atoms with Crippen LogP contribution in [0.25, 0.3) is 0 Å². The molecular formula is C16H14ClNO. The second-order valence-corrected chi connectivity index (χ2v) is 5.26. The molecule has 0 saturated carbocycles. The molecule has 0 aromatic heterocycles. The lowest BCUT2D eigenvalue weighted by molar-refractivity contribution is 0.0999. The lowest BCUT2D eigenvalue weighted by Gasteiger charge is -2.15. The predicted octanol–water partition coefficient (Wildman–Crippen LogP) is 3.52. The molecule has 2 aromatic rings. The third-order valence-electron chi connectivity index (χ3n) is 3.82. The quantitative estimate of drug-likeness (QED) is 0.892. The van der Waals surface area contributed by atoms with E-state index in [2.05, 4.69) is 6.07 Å². The number of hydrogen-bond acceptors (Lipinski definition) is 1. The zero-order chi connectivity index (χ0) is 13.4. The molecule has 0 heterocycles. The summed E-state index contributed by atoms with van der Waals surface area (Å²) < 4.78 is 0. The van der Waals surface area contributed by atoms with Crippen molar-refractivity contribution in [3.63, 3.8) is 0 Å². The summed E-state index contributed by atoms with van der Waals surface area (Å²) in [5, 5.41) is 0.816. The Balaban J connectivity index is 2.12. The largest absolute Gasteiger partial charge is 0.366 e. The maximum absolute atomic E-state index is 11.6. The Morgan fingerprint density at radius 1 is 1.11 bits per heavy atom. The van der Waals surface area contributed by atoms with Crippen molar-refractivity contribution in [1.29, 1.82) is 0 Å². The molecule has 0 saturated heterocycles. The fourth-order valence-corrected chi connectivity index (χ4v) is 3.23. The maximum Gasteiger partial charge on any atom is 0.248 e. The second-order valence-electron chi connectivity index (χ2n) is 4.85. The molecule has 3 rings (SSSR count). The Morgan fingerprint density at radius 2 is 1.84 bits per heavy atom. The summed E-state index contributed by atoms with van der Waals surface area (Å²) in [7, 11) is 0. The third kappa shape index (κ3) is 2.02. The van der Waals surface area contributed by atoms with E-state index in [4.69, 9.17) is 17.3 Å². The van der Waals surface area contributed by atoms with Crippen molar-refractivity contribution >= 4 is 17.5 Å². The monoisotopic (exact) mass is 271 g/mol. The molecule has 1 aliphatic rings. The van der Waals surface area contributed by atoms with Crippen LogP contribution in [0.2, 0.25) is 5.02 Å². The van der Waals surface area contributed by atoms with Crippen molar-refractivity contribution < 1.29 is 4.79 Å². The van der Waals surface area contributed by atoms with Gasteiger partial charge in [0.15, 0.2) is 0 Å². The van der Waals surface area contributed by atoms with Crippen LogP contribution in [0.4, 0.5) is 0 Å². The average molecular weight is 272 g/mol. The number of halogens is 1. The number of hydrogen-bond donors (Lipinski definition) is 1. The molecule has 19 heavy (non-hydrogen) atoms. The summed E-state index contributed by atoms with van der Waals surface area (Å²) >= 11 is 6.23. The summed E-state index contributed by atoms with van der Waals surface area (Å²) in [6.07, 6.45) is 1.93. The van der Waals surface area contributed by atoms with Crippen molar-refractivity contribution in [2.24, 2.45) is 5.73 Å². The lowest BCUT2D eigenvalue weighted by atomic mass is 9.89. The van der Waals surface area contributed by atoms with Crippen LogP contribution in [0.15, 0.2) is 42.5 Å². The molecule has 3 heteroatoms. The molecule has 0 radical (unpaired) electrons. The lowest BCUT2D eigenvalue weighted by Crippen LogP contribution is -2.15. The Hall–Kier alpha value is -1.80. The summed E-state index contributed by atoms with van der Waals surface area (Å²) in [5.41, 5.74) is 9.51. The number of nitrogens with two attached hydrogens (primary N) is 1. The van der Waals surface area contributed by atoms with E-state index < -0.39 is 0 Å². The number of rotatable bonds is 2. The molecule has 1 atom stereocenters. The molecule has 1 amide bonds. The van der Waals surface area contributed by atoms with Crippen molar-refractivity contribution in [3.8, 4) is 0 Å². The highest BCUT2D eigenvalue weighted by Gasteiger charge is 2.27. The molecule has 2 aromatic carbocycles.